The lowest BCUT2D eigenvalue weighted by Crippen LogP contribution is -2.29. The molecule has 0 radical (unpaired) electrons. The van der Waals surface area contributed by atoms with Crippen LogP contribution < -0.4 is 0 Å². The average Bonchev–Trinajstić information content (AvgIpc) is 2.60. The molecule has 2 aromatic carbocycles. The first-order chi connectivity index (χ1) is 11.2. The maximum absolute atomic E-state index is 12.8. The fraction of sp³-hybridized carbons (Fsp3) is 0.211. The number of aromatic nitrogens is 2. The van der Waals surface area contributed by atoms with Gasteiger partial charge >= 0.3 is 0 Å². The van der Waals surface area contributed by atoms with Crippen LogP contribution in [0.4, 0.5) is 0 Å². The molecule has 1 heterocycles. The van der Waals surface area contributed by atoms with Crippen molar-refractivity contribution >= 4 is 16.7 Å². The number of fused-ring (bicyclic) bond motifs is 1. The number of carbonyl (C=O) groups is 1. The molecule has 0 atom stereocenters. The average molecular weight is 305 g/mol. The summed E-state index contributed by atoms with van der Waals surface area (Å²) in [6.45, 7) is 2.67. The molecule has 4 heteroatoms. The van der Waals surface area contributed by atoms with E-state index in [1.54, 1.807) is 23.5 Å². The molecule has 1 aromatic heterocycles. The fourth-order valence-electron chi connectivity index (χ4n) is 2.68. The van der Waals surface area contributed by atoms with Crippen LogP contribution in [0.5, 0.6) is 0 Å². The van der Waals surface area contributed by atoms with Gasteiger partial charge in [0.1, 0.15) is 0 Å². The van der Waals surface area contributed by atoms with E-state index in [9.17, 15) is 4.79 Å². The van der Waals surface area contributed by atoms with Crippen LogP contribution >= 0.6 is 0 Å². The smallest absolute Gasteiger partial charge is 0.254 e. The van der Waals surface area contributed by atoms with Crippen molar-refractivity contribution in [3.05, 3.63) is 71.8 Å². The summed E-state index contributed by atoms with van der Waals surface area (Å²) in [5, 5.41) is 2.13. The van der Waals surface area contributed by atoms with Crippen molar-refractivity contribution in [3.8, 4) is 0 Å². The summed E-state index contributed by atoms with van der Waals surface area (Å²) in [6.07, 6.45) is 5.75. The molecule has 0 bridgehead atoms. The summed E-state index contributed by atoms with van der Waals surface area (Å²) < 4.78 is 0. The Morgan fingerprint density at radius 2 is 1.87 bits per heavy atom. The van der Waals surface area contributed by atoms with Gasteiger partial charge in [0, 0.05) is 44.2 Å². The van der Waals surface area contributed by atoms with Crippen molar-refractivity contribution < 1.29 is 4.79 Å². The summed E-state index contributed by atoms with van der Waals surface area (Å²) in [7, 11) is 1.83. The lowest BCUT2D eigenvalue weighted by Gasteiger charge is -2.18. The topological polar surface area (TPSA) is 46.1 Å². The van der Waals surface area contributed by atoms with Gasteiger partial charge in [-0.3, -0.25) is 14.8 Å². The summed E-state index contributed by atoms with van der Waals surface area (Å²) in [6, 6.07) is 12.0. The summed E-state index contributed by atoms with van der Waals surface area (Å²) >= 11 is 0. The van der Waals surface area contributed by atoms with Crippen molar-refractivity contribution in [1.29, 1.82) is 0 Å². The molecule has 3 aromatic rings. The minimum Gasteiger partial charge on any atom is -0.341 e. The maximum Gasteiger partial charge on any atom is 0.254 e. The van der Waals surface area contributed by atoms with E-state index in [1.807, 2.05) is 37.4 Å². The predicted molar refractivity (Wildman–Crippen MR) is 91.4 cm³/mol. The molecule has 0 aliphatic rings. The largest absolute Gasteiger partial charge is 0.341 e. The molecule has 0 saturated heterocycles. The number of rotatable bonds is 4. The van der Waals surface area contributed by atoms with Gasteiger partial charge in [0.05, 0.1) is 5.69 Å². The number of hydrogen-bond acceptors (Lipinski definition) is 3. The molecule has 0 aliphatic carbocycles. The second-order valence-corrected chi connectivity index (χ2v) is 5.65. The van der Waals surface area contributed by atoms with E-state index >= 15 is 0 Å². The van der Waals surface area contributed by atoms with E-state index in [1.165, 1.54) is 5.56 Å². The normalized spacial score (nSPS) is 10.7. The lowest BCUT2D eigenvalue weighted by molar-refractivity contribution is 0.0798. The number of nitrogens with zero attached hydrogens (tertiary/aromatic N) is 3. The van der Waals surface area contributed by atoms with E-state index in [0.29, 0.717) is 13.0 Å². The molecular formula is C19H19N3O. The van der Waals surface area contributed by atoms with Gasteiger partial charge in [-0.25, -0.2) is 0 Å². The Morgan fingerprint density at radius 3 is 2.61 bits per heavy atom. The van der Waals surface area contributed by atoms with Gasteiger partial charge in [-0.1, -0.05) is 30.3 Å². The Labute approximate surface area is 135 Å². The molecule has 0 aliphatic heterocycles. The van der Waals surface area contributed by atoms with Gasteiger partial charge in [-0.15, -0.1) is 0 Å². The van der Waals surface area contributed by atoms with E-state index in [-0.39, 0.29) is 5.91 Å². The number of amides is 1. The van der Waals surface area contributed by atoms with Crippen LogP contribution in [-0.4, -0.2) is 34.4 Å². The summed E-state index contributed by atoms with van der Waals surface area (Å²) in [5.74, 6) is 0.0325. The highest BCUT2D eigenvalue weighted by atomic mass is 16.2. The van der Waals surface area contributed by atoms with Crippen molar-refractivity contribution in [2.75, 3.05) is 13.6 Å². The standard InChI is InChI=1S/C19H19N3O/c1-14-7-8-18(17-6-4-3-5-16(14)17)19(23)22(2)12-9-15-13-20-10-11-21-15/h3-8,10-11,13H,9,12H2,1-2H3. The molecule has 0 spiro atoms. The van der Waals surface area contributed by atoms with Crippen molar-refractivity contribution in [2.45, 2.75) is 13.3 Å². The van der Waals surface area contributed by atoms with Crippen molar-refractivity contribution in [3.63, 3.8) is 0 Å². The van der Waals surface area contributed by atoms with Gasteiger partial charge in [-0.2, -0.15) is 0 Å². The number of likely N-dealkylation sites (N-methyl/N-ethyl adjacent to an activating group) is 1. The number of hydrogen-bond donors (Lipinski definition) is 0. The SMILES string of the molecule is Cc1ccc(C(=O)N(C)CCc2cnccn2)c2ccccc12. The molecule has 23 heavy (non-hydrogen) atoms. The van der Waals surface area contributed by atoms with Gasteiger partial charge in [0.15, 0.2) is 0 Å². The Morgan fingerprint density at radius 1 is 1.09 bits per heavy atom. The minimum atomic E-state index is 0.0325. The van der Waals surface area contributed by atoms with Crippen LogP contribution in [-0.2, 0) is 6.42 Å². The fourth-order valence-corrected chi connectivity index (χ4v) is 2.68. The zero-order chi connectivity index (χ0) is 16.2. The monoisotopic (exact) mass is 305 g/mol. The zero-order valence-electron chi connectivity index (χ0n) is 13.4. The first-order valence-electron chi connectivity index (χ1n) is 7.65. The molecular weight excluding hydrogens is 286 g/mol. The van der Waals surface area contributed by atoms with Crippen LogP contribution in [0.3, 0.4) is 0 Å². The number of carbonyl (C=O) groups excluding carboxylic acids is 1. The van der Waals surface area contributed by atoms with Crippen LogP contribution in [0.1, 0.15) is 21.6 Å². The Bertz CT molecular complexity index is 830. The van der Waals surface area contributed by atoms with Crippen molar-refractivity contribution in [1.82, 2.24) is 14.9 Å². The molecule has 1 amide bonds. The number of benzene rings is 2. The van der Waals surface area contributed by atoms with E-state index < -0.39 is 0 Å². The minimum absolute atomic E-state index is 0.0325. The quantitative estimate of drug-likeness (QED) is 0.743. The van der Waals surface area contributed by atoms with E-state index in [4.69, 9.17) is 0 Å². The van der Waals surface area contributed by atoms with Crippen LogP contribution in [0, 0.1) is 6.92 Å². The van der Waals surface area contributed by atoms with Gasteiger partial charge < -0.3 is 4.90 Å². The molecule has 0 fully saturated rings. The second kappa shape index (κ2) is 6.57. The molecule has 3 rings (SSSR count). The third kappa shape index (κ3) is 3.21. The first-order valence-corrected chi connectivity index (χ1v) is 7.65. The van der Waals surface area contributed by atoms with Gasteiger partial charge in [-0.05, 0) is 29.3 Å². The number of aryl methyl sites for hydroxylation is 1. The van der Waals surface area contributed by atoms with Gasteiger partial charge in [0.25, 0.3) is 5.91 Å². The van der Waals surface area contributed by atoms with Gasteiger partial charge in [0.2, 0.25) is 0 Å². The first kappa shape index (κ1) is 15.2. The molecule has 4 nitrogen and oxygen atoms in total. The summed E-state index contributed by atoms with van der Waals surface area (Å²) in [4.78, 5) is 22.8. The Hall–Kier alpha value is -2.75. The Kier molecular flexibility index (Phi) is 4.33. The summed E-state index contributed by atoms with van der Waals surface area (Å²) in [5.41, 5.74) is 2.81. The van der Waals surface area contributed by atoms with Crippen LogP contribution in [0.2, 0.25) is 0 Å². The van der Waals surface area contributed by atoms with E-state index in [2.05, 4.69) is 23.0 Å². The highest BCUT2D eigenvalue weighted by Gasteiger charge is 2.15. The lowest BCUT2D eigenvalue weighted by atomic mass is 9.99. The molecule has 0 saturated carbocycles. The maximum atomic E-state index is 12.8. The predicted octanol–water partition coefficient (Wildman–Crippen LogP) is 3.25. The second-order valence-electron chi connectivity index (χ2n) is 5.65. The molecule has 0 unspecified atom stereocenters. The highest BCUT2D eigenvalue weighted by molar-refractivity contribution is 6.07. The Balaban J connectivity index is 1.81. The van der Waals surface area contributed by atoms with Crippen LogP contribution in [0.15, 0.2) is 55.0 Å². The third-order valence-corrected chi connectivity index (χ3v) is 4.04. The van der Waals surface area contributed by atoms with Crippen LogP contribution in [0.25, 0.3) is 10.8 Å². The molecule has 116 valence electrons. The highest BCUT2D eigenvalue weighted by Crippen LogP contribution is 2.23. The van der Waals surface area contributed by atoms with Crippen molar-refractivity contribution in [2.24, 2.45) is 0 Å². The molecule has 0 N–H and O–H groups in total. The third-order valence-electron chi connectivity index (χ3n) is 4.04. The zero-order valence-corrected chi connectivity index (χ0v) is 13.4. The van der Waals surface area contributed by atoms with E-state index in [0.717, 1.165) is 22.0 Å².